The first kappa shape index (κ1) is 18.3. The molecule has 0 unspecified atom stereocenters. The second-order valence-electron chi connectivity index (χ2n) is 6.17. The Labute approximate surface area is 156 Å². The Kier molecular flexibility index (Phi) is 5.26. The molecule has 136 valence electrons. The molecular weight excluding hydrogens is 345 g/mol. The van der Waals surface area contributed by atoms with Gasteiger partial charge in [0.15, 0.2) is 0 Å². The minimum atomic E-state index is -0.547. The molecule has 0 atom stereocenters. The van der Waals surface area contributed by atoms with E-state index in [9.17, 15) is 14.0 Å². The maximum Gasteiger partial charge on any atom is 0.257 e. The number of hydrogen-bond acceptors (Lipinski definition) is 3. The van der Waals surface area contributed by atoms with Crippen molar-refractivity contribution >= 4 is 23.2 Å². The highest BCUT2D eigenvalue weighted by Gasteiger charge is 2.14. The third kappa shape index (κ3) is 4.36. The maximum atomic E-state index is 13.7. The number of para-hydroxylation sites is 1. The Morgan fingerprint density at radius 2 is 1.48 bits per heavy atom. The van der Waals surface area contributed by atoms with Crippen molar-refractivity contribution in [2.45, 2.75) is 13.8 Å². The number of carbonyl (C=O) groups is 2. The van der Waals surface area contributed by atoms with Crippen molar-refractivity contribution in [1.29, 1.82) is 0 Å². The van der Waals surface area contributed by atoms with Crippen LogP contribution >= 0.6 is 0 Å². The smallest absolute Gasteiger partial charge is 0.257 e. The zero-order chi connectivity index (χ0) is 19.4. The number of nitrogens with zero attached hydrogens (tertiary/aromatic N) is 1. The molecule has 1 heterocycles. The van der Waals surface area contributed by atoms with Crippen LogP contribution in [0.2, 0.25) is 0 Å². The first-order chi connectivity index (χ1) is 12.9. The van der Waals surface area contributed by atoms with Crippen molar-refractivity contribution in [3.05, 3.63) is 89.0 Å². The van der Waals surface area contributed by atoms with E-state index in [4.69, 9.17) is 0 Å². The van der Waals surface area contributed by atoms with Crippen LogP contribution in [0.1, 0.15) is 31.8 Å². The number of benzene rings is 2. The molecule has 0 saturated heterocycles. The number of anilines is 2. The summed E-state index contributed by atoms with van der Waals surface area (Å²) in [5, 5.41) is 5.29. The summed E-state index contributed by atoms with van der Waals surface area (Å²) in [6, 6.07) is 13.0. The average molecular weight is 363 g/mol. The molecule has 0 fully saturated rings. The zero-order valence-electron chi connectivity index (χ0n) is 14.9. The third-order valence-electron chi connectivity index (χ3n) is 4.03. The monoisotopic (exact) mass is 363 g/mol. The van der Waals surface area contributed by atoms with Gasteiger partial charge in [0, 0.05) is 18.1 Å². The lowest BCUT2D eigenvalue weighted by atomic mass is 10.1. The van der Waals surface area contributed by atoms with E-state index < -0.39 is 11.7 Å². The normalized spacial score (nSPS) is 10.3. The van der Waals surface area contributed by atoms with Gasteiger partial charge in [-0.05, 0) is 49.2 Å². The molecule has 0 aliphatic carbocycles. The van der Waals surface area contributed by atoms with Gasteiger partial charge in [0.2, 0.25) is 0 Å². The Morgan fingerprint density at radius 3 is 2.15 bits per heavy atom. The predicted molar refractivity (Wildman–Crippen MR) is 102 cm³/mol. The topological polar surface area (TPSA) is 71.1 Å². The number of nitrogens with one attached hydrogen (secondary N) is 2. The lowest BCUT2D eigenvalue weighted by Gasteiger charge is -2.10. The highest BCUT2D eigenvalue weighted by molar-refractivity contribution is 6.08. The average Bonchev–Trinajstić information content (AvgIpc) is 2.66. The number of hydrogen-bond donors (Lipinski definition) is 2. The quantitative estimate of drug-likeness (QED) is 0.724. The van der Waals surface area contributed by atoms with Crippen molar-refractivity contribution in [3.63, 3.8) is 0 Å². The fourth-order valence-corrected chi connectivity index (χ4v) is 2.51. The summed E-state index contributed by atoms with van der Waals surface area (Å²) in [6.45, 7) is 3.83. The molecule has 2 N–H and O–H groups in total. The maximum absolute atomic E-state index is 13.7. The summed E-state index contributed by atoms with van der Waals surface area (Å²) in [5.74, 6) is -1.46. The third-order valence-corrected chi connectivity index (χ3v) is 4.03. The molecule has 0 saturated carbocycles. The van der Waals surface area contributed by atoms with Gasteiger partial charge in [0.1, 0.15) is 5.82 Å². The van der Waals surface area contributed by atoms with Crippen LogP contribution in [0.15, 0.2) is 60.9 Å². The van der Waals surface area contributed by atoms with Crippen LogP contribution in [0.5, 0.6) is 0 Å². The van der Waals surface area contributed by atoms with E-state index in [0.717, 1.165) is 11.1 Å². The molecule has 3 rings (SSSR count). The van der Waals surface area contributed by atoms with Crippen molar-refractivity contribution in [2.75, 3.05) is 10.6 Å². The van der Waals surface area contributed by atoms with Crippen LogP contribution in [-0.2, 0) is 0 Å². The van der Waals surface area contributed by atoms with E-state index >= 15 is 0 Å². The van der Waals surface area contributed by atoms with Crippen molar-refractivity contribution < 1.29 is 14.0 Å². The molecule has 0 bridgehead atoms. The molecule has 0 radical (unpaired) electrons. The minimum Gasteiger partial charge on any atom is -0.322 e. The first-order valence-electron chi connectivity index (χ1n) is 8.33. The summed E-state index contributed by atoms with van der Waals surface area (Å²) >= 11 is 0. The van der Waals surface area contributed by atoms with Crippen LogP contribution in [0.3, 0.4) is 0 Å². The van der Waals surface area contributed by atoms with E-state index in [0.29, 0.717) is 5.69 Å². The van der Waals surface area contributed by atoms with Gasteiger partial charge in [-0.3, -0.25) is 14.6 Å². The number of halogens is 1. The van der Waals surface area contributed by atoms with Crippen molar-refractivity contribution in [1.82, 2.24) is 4.98 Å². The molecule has 3 aromatic rings. The molecule has 0 aliphatic heterocycles. The Bertz CT molecular complexity index is 1020. The van der Waals surface area contributed by atoms with E-state index in [2.05, 4.69) is 15.6 Å². The van der Waals surface area contributed by atoms with Gasteiger partial charge in [-0.2, -0.15) is 0 Å². The van der Waals surface area contributed by atoms with Crippen molar-refractivity contribution in [2.24, 2.45) is 0 Å². The van der Waals surface area contributed by atoms with E-state index in [1.165, 1.54) is 36.7 Å². The number of amides is 2. The summed E-state index contributed by atoms with van der Waals surface area (Å²) < 4.78 is 13.7. The molecule has 5 nitrogen and oxygen atoms in total. The highest BCUT2D eigenvalue weighted by Crippen LogP contribution is 2.18. The fourth-order valence-electron chi connectivity index (χ4n) is 2.51. The summed E-state index contributed by atoms with van der Waals surface area (Å²) in [5.41, 5.74) is 3.10. The van der Waals surface area contributed by atoms with Gasteiger partial charge in [-0.1, -0.05) is 24.3 Å². The molecule has 2 aromatic carbocycles. The lowest BCUT2D eigenvalue weighted by Crippen LogP contribution is -2.17. The second-order valence-corrected chi connectivity index (χ2v) is 6.17. The van der Waals surface area contributed by atoms with Crippen LogP contribution < -0.4 is 10.6 Å². The molecule has 27 heavy (non-hydrogen) atoms. The van der Waals surface area contributed by atoms with Gasteiger partial charge in [0.05, 0.1) is 16.8 Å². The molecule has 1 aromatic heterocycles. The van der Waals surface area contributed by atoms with Crippen LogP contribution in [0.4, 0.5) is 15.8 Å². The summed E-state index contributed by atoms with van der Waals surface area (Å²) in [6.07, 6.45) is 2.70. The first-order valence-corrected chi connectivity index (χ1v) is 8.33. The standard InChI is InChI=1S/C21H18FN3O2/c1-13-7-8-14(2)19(9-13)25-21(27)16-10-15(11-23-12-16)20(26)24-18-6-4-3-5-17(18)22/h3-12H,1-2H3,(H,24,26)(H,25,27). The molecule has 2 amide bonds. The molecular formula is C21H18FN3O2. The van der Waals surface area contributed by atoms with Gasteiger partial charge in [0.25, 0.3) is 11.8 Å². The number of aryl methyl sites for hydroxylation is 2. The van der Waals surface area contributed by atoms with Gasteiger partial charge in [-0.25, -0.2) is 4.39 Å². The highest BCUT2D eigenvalue weighted by atomic mass is 19.1. The Hall–Kier alpha value is -3.54. The second kappa shape index (κ2) is 7.78. The molecule has 0 spiro atoms. The van der Waals surface area contributed by atoms with E-state index in [1.807, 2.05) is 32.0 Å². The van der Waals surface area contributed by atoms with Crippen LogP contribution in [0.25, 0.3) is 0 Å². The number of rotatable bonds is 4. The largest absolute Gasteiger partial charge is 0.322 e. The van der Waals surface area contributed by atoms with E-state index in [-0.39, 0.29) is 22.7 Å². The van der Waals surface area contributed by atoms with Crippen molar-refractivity contribution in [3.8, 4) is 0 Å². The number of carbonyl (C=O) groups excluding carboxylic acids is 2. The zero-order valence-corrected chi connectivity index (χ0v) is 14.9. The summed E-state index contributed by atoms with van der Waals surface area (Å²) in [7, 11) is 0. The lowest BCUT2D eigenvalue weighted by molar-refractivity contribution is 0.102. The van der Waals surface area contributed by atoms with E-state index in [1.54, 1.807) is 6.07 Å². The minimum absolute atomic E-state index is 0.0627. The Morgan fingerprint density at radius 1 is 0.852 bits per heavy atom. The van der Waals surface area contributed by atoms with Crippen LogP contribution in [0, 0.1) is 19.7 Å². The SMILES string of the molecule is Cc1ccc(C)c(NC(=O)c2cncc(C(=O)Nc3ccccc3F)c2)c1. The molecule has 6 heteroatoms. The predicted octanol–water partition coefficient (Wildman–Crippen LogP) is 4.34. The Balaban J connectivity index is 1.78. The van der Waals surface area contributed by atoms with Gasteiger partial charge >= 0.3 is 0 Å². The molecule has 0 aliphatic rings. The summed E-state index contributed by atoms with van der Waals surface area (Å²) in [4.78, 5) is 28.8. The van der Waals surface area contributed by atoms with Gasteiger partial charge in [-0.15, -0.1) is 0 Å². The number of aromatic nitrogens is 1. The fraction of sp³-hybridized carbons (Fsp3) is 0.0952. The number of pyridine rings is 1. The van der Waals surface area contributed by atoms with Gasteiger partial charge < -0.3 is 10.6 Å². The van der Waals surface area contributed by atoms with Crippen LogP contribution in [-0.4, -0.2) is 16.8 Å².